The van der Waals surface area contributed by atoms with Gasteiger partial charge in [-0.1, -0.05) is 56.0 Å². The molecule has 1 aliphatic rings. The molecule has 4 rings (SSSR count). The molecule has 0 saturated heterocycles. The summed E-state index contributed by atoms with van der Waals surface area (Å²) in [4.78, 5) is 2.46. The number of rotatable bonds is 4. The summed E-state index contributed by atoms with van der Waals surface area (Å²) in [7, 11) is 2.13. The maximum absolute atomic E-state index is 6.02. The summed E-state index contributed by atoms with van der Waals surface area (Å²) in [5.74, 6) is 0. The predicted molar refractivity (Wildman–Crippen MR) is 132 cm³/mol. The molecule has 4 heteroatoms. The normalized spacial score (nSPS) is 15.2. The van der Waals surface area contributed by atoms with E-state index in [2.05, 4.69) is 84.3 Å². The van der Waals surface area contributed by atoms with Crippen LogP contribution in [0.15, 0.2) is 48.7 Å². The molecule has 1 heterocycles. The van der Waals surface area contributed by atoms with E-state index in [0.29, 0.717) is 6.04 Å². The maximum atomic E-state index is 6.02. The van der Waals surface area contributed by atoms with Crippen LogP contribution in [0.4, 0.5) is 5.69 Å². The van der Waals surface area contributed by atoms with Gasteiger partial charge in [-0.2, -0.15) is 0 Å². The van der Waals surface area contributed by atoms with Gasteiger partial charge >= 0.3 is 0 Å². The van der Waals surface area contributed by atoms with Crippen LogP contribution in [0.5, 0.6) is 0 Å². The minimum Gasteiger partial charge on any atom is -0.350 e. The number of para-hydroxylation sites is 1. The topological polar surface area (TPSA) is 20.2 Å². The van der Waals surface area contributed by atoms with Gasteiger partial charge < -0.3 is 14.8 Å². The van der Waals surface area contributed by atoms with E-state index in [1.54, 1.807) is 0 Å². The molecule has 0 spiro atoms. The quantitative estimate of drug-likeness (QED) is 0.374. The van der Waals surface area contributed by atoms with Crippen LogP contribution in [-0.4, -0.2) is 20.6 Å². The van der Waals surface area contributed by atoms with Gasteiger partial charge in [-0.05, 0) is 67.7 Å². The highest BCUT2D eigenvalue weighted by molar-refractivity contribution is 7.80. The molecule has 0 unspecified atom stereocenters. The summed E-state index contributed by atoms with van der Waals surface area (Å²) >= 11 is 6.02. The van der Waals surface area contributed by atoms with E-state index >= 15 is 0 Å². The first-order valence-corrected chi connectivity index (χ1v) is 11.6. The second kappa shape index (κ2) is 9.22. The van der Waals surface area contributed by atoms with Crippen molar-refractivity contribution in [3.8, 4) is 0 Å². The van der Waals surface area contributed by atoms with E-state index in [0.717, 1.165) is 17.3 Å². The van der Waals surface area contributed by atoms with Crippen LogP contribution in [-0.2, 0) is 13.6 Å². The summed E-state index contributed by atoms with van der Waals surface area (Å²) in [6.45, 7) is 5.13. The van der Waals surface area contributed by atoms with E-state index < -0.39 is 0 Å². The molecule has 0 atom stereocenters. The van der Waals surface area contributed by atoms with Crippen LogP contribution in [0, 0.1) is 13.8 Å². The Labute approximate surface area is 186 Å². The van der Waals surface area contributed by atoms with Crippen molar-refractivity contribution in [3.63, 3.8) is 0 Å². The summed E-state index contributed by atoms with van der Waals surface area (Å²) in [5.41, 5.74) is 6.23. The minimum atomic E-state index is 0.497. The molecule has 0 radical (unpaired) electrons. The first-order chi connectivity index (χ1) is 14.5. The number of fused-ring (bicyclic) bond motifs is 1. The summed E-state index contributed by atoms with van der Waals surface area (Å²) in [6, 6.07) is 15.7. The molecule has 0 amide bonds. The third-order valence-electron chi connectivity index (χ3n) is 6.48. The smallest absolute Gasteiger partial charge is 0.173 e. The number of aromatic nitrogens is 1. The van der Waals surface area contributed by atoms with Crippen LogP contribution in [0.25, 0.3) is 10.9 Å². The van der Waals surface area contributed by atoms with Crippen molar-refractivity contribution in [3.05, 3.63) is 65.4 Å². The minimum absolute atomic E-state index is 0.497. The van der Waals surface area contributed by atoms with Gasteiger partial charge in [0, 0.05) is 42.4 Å². The Bertz CT molecular complexity index is 1030. The zero-order valence-electron chi connectivity index (χ0n) is 18.4. The molecule has 3 aromatic rings. The van der Waals surface area contributed by atoms with Crippen molar-refractivity contribution in [1.82, 2.24) is 9.47 Å². The lowest BCUT2D eigenvalue weighted by Crippen LogP contribution is -2.42. The van der Waals surface area contributed by atoms with E-state index in [9.17, 15) is 0 Å². The predicted octanol–water partition coefficient (Wildman–Crippen LogP) is 6.72. The fourth-order valence-corrected chi connectivity index (χ4v) is 5.05. The lowest BCUT2D eigenvalue weighted by atomic mass is 10.1. The van der Waals surface area contributed by atoms with Crippen molar-refractivity contribution in [2.45, 2.75) is 65.0 Å². The van der Waals surface area contributed by atoms with Gasteiger partial charge in [0.2, 0.25) is 0 Å². The Balaban J connectivity index is 1.65. The number of nitrogens with zero attached hydrogens (tertiary/aromatic N) is 2. The molecule has 0 bridgehead atoms. The number of nitrogens with one attached hydrogen (secondary N) is 1. The highest BCUT2D eigenvalue weighted by atomic mass is 32.1. The van der Waals surface area contributed by atoms with Crippen LogP contribution in [0.1, 0.15) is 55.2 Å². The van der Waals surface area contributed by atoms with Crippen LogP contribution >= 0.6 is 12.2 Å². The number of hydrogen-bond donors (Lipinski definition) is 1. The molecule has 2 aromatic carbocycles. The van der Waals surface area contributed by atoms with Gasteiger partial charge in [0.1, 0.15) is 0 Å². The summed E-state index contributed by atoms with van der Waals surface area (Å²) in [6.07, 6.45) is 9.99. The molecule has 158 valence electrons. The summed E-state index contributed by atoms with van der Waals surface area (Å²) in [5, 5.41) is 5.77. The Hall–Kier alpha value is -2.33. The molecule has 1 fully saturated rings. The first-order valence-electron chi connectivity index (χ1n) is 11.2. The van der Waals surface area contributed by atoms with E-state index in [1.165, 1.54) is 66.1 Å². The van der Waals surface area contributed by atoms with E-state index in [-0.39, 0.29) is 0 Å². The third-order valence-corrected chi connectivity index (χ3v) is 6.82. The SMILES string of the molecule is Cc1ccc(C)c(NC(=S)N(Cc2cn(C)c3ccccc23)C2CCCCCC2)c1. The van der Waals surface area contributed by atoms with Crippen molar-refractivity contribution < 1.29 is 0 Å². The Morgan fingerprint density at radius 1 is 1.07 bits per heavy atom. The maximum Gasteiger partial charge on any atom is 0.173 e. The number of hydrogen-bond acceptors (Lipinski definition) is 1. The molecule has 1 aromatic heterocycles. The zero-order valence-corrected chi connectivity index (χ0v) is 19.3. The largest absolute Gasteiger partial charge is 0.350 e. The Kier molecular flexibility index (Phi) is 6.43. The molecule has 1 N–H and O–H groups in total. The van der Waals surface area contributed by atoms with Gasteiger partial charge in [-0.3, -0.25) is 0 Å². The number of anilines is 1. The van der Waals surface area contributed by atoms with Gasteiger partial charge in [-0.25, -0.2) is 0 Å². The van der Waals surface area contributed by atoms with E-state index in [1.807, 2.05) is 0 Å². The molecule has 1 saturated carbocycles. The second-order valence-electron chi connectivity index (χ2n) is 8.80. The van der Waals surface area contributed by atoms with Gasteiger partial charge in [-0.15, -0.1) is 0 Å². The fourth-order valence-electron chi connectivity index (χ4n) is 4.73. The van der Waals surface area contributed by atoms with Gasteiger partial charge in [0.05, 0.1) is 0 Å². The van der Waals surface area contributed by atoms with Gasteiger partial charge in [0.25, 0.3) is 0 Å². The van der Waals surface area contributed by atoms with Crippen LogP contribution in [0.2, 0.25) is 0 Å². The monoisotopic (exact) mass is 419 g/mol. The molecule has 0 aliphatic heterocycles. The standard InChI is InChI=1S/C26H33N3S/c1-19-14-15-20(2)24(16-19)27-26(30)29(22-10-6-4-5-7-11-22)18-21-17-28(3)25-13-9-8-12-23(21)25/h8-9,12-17,22H,4-7,10-11,18H2,1-3H3,(H,27,30). The Morgan fingerprint density at radius 3 is 2.57 bits per heavy atom. The zero-order chi connectivity index (χ0) is 21.1. The average Bonchev–Trinajstić information content (AvgIpc) is 2.90. The highest BCUT2D eigenvalue weighted by Gasteiger charge is 2.24. The lowest BCUT2D eigenvalue weighted by molar-refractivity contribution is 0.281. The third kappa shape index (κ3) is 4.54. The van der Waals surface area contributed by atoms with E-state index in [4.69, 9.17) is 12.2 Å². The number of benzene rings is 2. The van der Waals surface area contributed by atoms with Gasteiger partial charge in [0.15, 0.2) is 5.11 Å². The van der Waals surface area contributed by atoms with Crippen molar-refractivity contribution in [2.75, 3.05) is 5.32 Å². The highest BCUT2D eigenvalue weighted by Crippen LogP contribution is 2.28. The molecule has 3 nitrogen and oxygen atoms in total. The number of thiocarbonyl (C=S) groups is 1. The summed E-state index contributed by atoms with van der Waals surface area (Å²) < 4.78 is 2.23. The fraction of sp³-hybridized carbons (Fsp3) is 0.423. The van der Waals surface area contributed by atoms with Crippen molar-refractivity contribution in [1.29, 1.82) is 0 Å². The molecular weight excluding hydrogens is 386 g/mol. The molecule has 30 heavy (non-hydrogen) atoms. The number of aryl methyl sites for hydroxylation is 3. The molecule has 1 aliphatic carbocycles. The van der Waals surface area contributed by atoms with Crippen molar-refractivity contribution >= 4 is 33.9 Å². The first kappa shape index (κ1) is 20.9. The second-order valence-corrected chi connectivity index (χ2v) is 9.19. The van der Waals surface area contributed by atoms with Crippen LogP contribution in [0.3, 0.4) is 0 Å². The van der Waals surface area contributed by atoms with Crippen molar-refractivity contribution in [2.24, 2.45) is 7.05 Å². The lowest BCUT2D eigenvalue weighted by Gasteiger charge is -2.34. The molecular formula is C26H33N3S. The van der Waals surface area contributed by atoms with Crippen LogP contribution < -0.4 is 5.32 Å². The average molecular weight is 420 g/mol. The Morgan fingerprint density at radius 2 is 1.80 bits per heavy atom.